The van der Waals surface area contributed by atoms with E-state index in [0.29, 0.717) is 5.92 Å². The molecule has 1 saturated heterocycles. The molecular formula is C8H13ClO2S2. The lowest BCUT2D eigenvalue weighted by Crippen LogP contribution is -2.06. The maximum absolute atomic E-state index is 10.7. The molecular weight excluding hydrogens is 228 g/mol. The van der Waals surface area contributed by atoms with E-state index in [0.717, 1.165) is 17.7 Å². The van der Waals surface area contributed by atoms with Gasteiger partial charge in [0.15, 0.2) is 0 Å². The molecule has 0 bridgehead atoms. The molecule has 0 radical (unpaired) electrons. The van der Waals surface area contributed by atoms with Crippen LogP contribution in [-0.2, 0) is 9.05 Å². The SMILES string of the molecule is C=C(CC1CCSC1)CS(=O)(=O)Cl. The van der Waals surface area contributed by atoms with Crippen molar-refractivity contribution in [3.05, 3.63) is 12.2 Å². The van der Waals surface area contributed by atoms with Gasteiger partial charge >= 0.3 is 0 Å². The molecule has 0 aliphatic carbocycles. The number of hydrogen-bond acceptors (Lipinski definition) is 3. The molecule has 1 aliphatic rings. The third-order valence-corrected chi connectivity index (χ3v) is 4.29. The highest BCUT2D eigenvalue weighted by Crippen LogP contribution is 2.28. The fourth-order valence-corrected chi connectivity index (χ4v) is 3.81. The topological polar surface area (TPSA) is 34.1 Å². The molecule has 1 heterocycles. The van der Waals surface area contributed by atoms with Crippen LogP contribution in [0.5, 0.6) is 0 Å². The number of rotatable bonds is 4. The van der Waals surface area contributed by atoms with E-state index >= 15 is 0 Å². The van der Waals surface area contributed by atoms with E-state index in [1.807, 2.05) is 11.8 Å². The highest BCUT2D eigenvalue weighted by molar-refractivity contribution is 8.13. The van der Waals surface area contributed by atoms with E-state index in [4.69, 9.17) is 10.7 Å². The van der Waals surface area contributed by atoms with Gasteiger partial charge in [0.1, 0.15) is 0 Å². The van der Waals surface area contributed by atoms with E-state index in [1.54, 1.807) is 0 Å². The molecule has 1 aliphatic heterocycles. The Morgan fingerprint density at radius 2 is 2.31 bits per heavy atom. The monoisotopic (exact) mass is 240 g/mol. The van der Waals surface area contributed by atoms with Gasteiger partial charge in [0.2, 0.25) is 9.05 Å². The van der Waals surface area contributed by atoms with Gasteiger partial charge in [-0.3, -0.25) is 0 Å². The summed E-state index contributed by atoms with van der Waals surface area (Å²) in [7, 11) is 1.72. The second kappa shape index (κ2) is 4.71. The molecule has 0 aromatic carbocycles. The summed E-state index contributed by atoms with van der Waals surface area (Å²) in [6, 6.07) is 0. The first kappa shape index (κ1) is 11.4. The van der Waals surface area contributed by atoms with Crippen molar-refractivity contribution >= 4 is 31.5 Å². The smallest absolute Gasteiger partial charge is 0.212 e. The average molecular weight is 241 g/mol. The van der Waals surface area contributed by atoms with E-state index < -0.39 is 9.05 Å². The third-order valence-electron chi connectivity index (χ3n) is 1.98. The van der Waals surface area contributed by atoms with Crippen LogP contribution in [0.25, 0.3) is 0 Å². The van der Waals surface area contributed by atoms with Crippen molar-refractivity contribution in [2.75, 3.05) is 17.3 Å². The molecule has 1 rings (SSSR count). The third kappa shape index (κ3) is 4.93. The van der Waals surface area contributed by atoms with Gasteiger partial charge in [0, 0.05) is 10.7 Å². The van der Waals surface area contributed by atoms with Gasteiger partial charge in [-0.25, -0.2) is 8.42 Å². The molecule has 76 valence electrons. The van der Waals surface area contributed by atoms with Crippen molar-refractivity contribution in [3.8, 4) is 0 Å². The Hall–Kier alpha value is 0.330. The van der Waals surface area contributed by atoms with Crippen molar-refractivity contribution in [3.63, 3.8) is 0 Å². The first-order chi connectivity index (χ1) is 5.97. The van der Waals surface area contributed by atoms with Gasteiger partial charge < -0.3 is 0 Å². The zero-order valence-corrected chi connectivity index (χ0v) is 9.72. The highest BCUT2D eigenvalue weighted by Gasteiger charge is 2.18. The fourth-order valence-electron chi connectivity index (χ4n) is 1.46. The number of hydrogen-bond donors (Lipinski definition) is 0. The zero-order valence-electron chi connectivity index (χ0n) is 7.33. The first-order valence-electron chi connectivity index (χ1n) is 4.14. The molecule has 0 saturated carbocycles. The number of halogens is 1. The lowest BCUT2D eigenvalue weighted by molar-refractivity contribution is 0.586. The van der Waals surface area contributed by atoms with Crippen LogP contribution >= 0.6 is 22.4 Å². The van der Waals surface area contributed by atoms with Crippen LogP contribution in [0.1, 0.15) is 12.8 Å². The average Bonchev–Trinajstić information content (AvgIpc) is 2.34. The van der Waals surface area contributed by atoms with Crippen LogP contribution in [0, 0.1) is 5.92 Å². The van der Waals surface area contributed by atoms with Gasteiger partial charge in [-0.2, -0.15) is 11.8 Å². The minimum Gasteiger partial charge on any atom is -0.212 e. The summed E-state index contributed by atoms with van der Waals surface area (Å²) in [5.74, 6) is 2.85. The predicted molar refractivity (Wildman–Crippen MR) is 58.8 cm³/mol. The predicted octanol–water partition coefficient (Wildman–Crippen LogP) is 2.25. The van der Waals surface area contributed by atoms with Crippen LogP contribution in [-0.4, -0.2) is 25.7 Å². The Labute approximate surface area is 88.2 Å². The Morgan fingerprint density at radius 3 is 2.77 bits per heavy atom. The molecule has 2 nitrogen and oxygen atoms in total. The molecule has 1 fully saturated rings. The lowest BCUT2D eigenvalue weighted by Gasteiger charge is -2.08. The largest absolute Gasteiger partial charge is 0.236 e. The quantitative estimate of drug-likeness (QED) is 0.559. The standard InChI is InChI=1S/C8H13ClO2S2/c1-7(6-13(9,10)11)4-8-2-3-12-5-8/h8H,1-6H2. The highest BCUT2D eigenvalue weighted by atomic mass is 35.7. The Morgan fingerprint density at radius 1 is 1.62 bits per heavy atom. The van der Waals surface area contributed by atoms with Gasteiger partial charge in [-0.15, -0.1) is 0 Å². The molecule has 1 atom stereocenters. The second-order valence-corrected chi connectivity index (χ2v) is 7.29. The molecule has 0 amide bonds. The van der Waals surface area contributed by atoms with Crippen molar-refractivity contribution < 1.29 is 8.42 Å². The van der Waals surface area contributed by atoms with Gasteiger partial charge in [0.05, 0.1) is 5.75 Å². The molecule has 0 spiro atoms. The summed E-state index contributed by atoms with van der Waals surface area (Å²) < 4.78 is 21.4. The Kier molecular flexibility index (Phi) is 4.13. The summed E-state index contributed by atoms with van der Waals surface area (Å²) in [6.07, 6.45) is 1.98. The van der Waals surface area contributed by atoms with E-state index in [-0.39, 0.29) is 5.75 Å². The summed E-state index contributed by atoms with van der Waals surface area (Å²) >= 11 is 1.92. The lowest BCUT2D eigenvalue weighted by atomic mass is 10.0. The molecule has 5 heteroatoms. The van der Waals surface area contributed by atoms with Crippen LogP contribution in [0.3, 0.4) is 0 Å². The van der Waals surface area contributed by atoms with Gasteiger partial charge in [-0.05, 0) is 30.3 Å². The molecule has 0 aromatic rings. The fraction of sp³-hybridized carbons (Fsp3) is 0.750. The van der Waals surface area contributed by atoms with E-state index in [1.165, 1.54) is 12.2 Å². The summed E-state index contributed by atoms with van der Waals surface area (Å²) in [5.41, 5.74) is 0.738. The molecule has 13 heavy (non-hydrogen) atoms. The van der Waals surface area contributed by atoms with Crippen LogP contribution in [0.4, 0.5) is 0 Å². The summed E-state index contributed by atoms with van der Waals surface area (Å²) in [4.78, 5) is 0. The minimum absolute atomic E-state index is 0.0737. The maximum Gasteiger partial charge on any atom is 0.236 e. The van der Waals surface area contributed by atoms with Crippen molar-refractivity contribution in [1.82, 2.24) is 0 Å². The van der Waals surface area contributed by atoms with Crippen LogP contribution < -0.4 is 0 Å². The van der Waals surface area contributed by atoms with E-state index in [2.05, 4.69) is 6.58 Å². The second-order valence-electron chi connectivity index (χ2n) is 3.37. The Bertz CT molecular complexity index is 279. The van der Waals surface area contributed by atoms with Gasteiger partial charge in [-0.1, -0.05) is 12.2 Å². The summed E-state index contributed by atoms with van der Waals surface area (Å²) in [6.45, 7) is 3.73. The first-order valence-corrected chi connectivity index (χ1v) is 7.77. The molecule has 0 aromatic heterocycles. The van der Waals surface area contributed by atoms with Crippen molar-refractivity contribution in [1.29, 1.82) is 0 Å². The maximum atomic E-state index is 10.7. The summed E-state index contributed by atoms with van der Waals surface area (Å²) in [5, 5.41) is 0. The van der Waals surface area contributed by atoms with Gasteiger partial charge in [0.25, 0.3) is 0 Å². The molecule has 1 unspecified atom stereocenters. The van der Waals surface area contributed by atoms with Crippen molar-refractivity contribution in [2.45, 2.75) is 12.8 Å². The Balaban J connectivity index is 2.33. The minimum atomic E-state index is -3.40. The van der Waals surface area contributed by atoms with E-state index in [9.17, 15) is 8.42 Å². The van der Waals surface area contributed by atoms with Crippen LogP contribution in [0.2, 0.25) is 0 Å². The zero-order chi connectivity index (χ0) is 9.90. The number of thioether (sulfide) groups is 1. The normalized spacial score (nSPS) is 23.3. The van der Waals surface area contributed by atoms with Crippen LogP contribution in [0.15, 0.2) is 12.2 Å². The molecule has 0 N–H and O–H groups in total. The van der Waals surface area contributed by atoms with Crippen molar-refractivity contribution in [2.24, 2.45) is 5.92 Å².